The third-order valence-corrected chi connectivity index (χ3v) is 7.00. The number of thiophene rings is 1. The molecule has 0 bridgehead atoms. The lowest BCUT2D eigenvalue weighted by molar-refractivity contribution is -0.126. The Morgan fingerprint density at radius 3 is 2.76 bits per heavy atom. The fraction of sp³-hybridized carbons (Fsp3) is 0.348. The van der Waals surface area contributed by atoms with Crippen molar-refractivity contribution in [2.75, 3.05) is 18.4 Å². The molecule has 5 rings (SSSR count). The number of benzene rings is 1. The van der Waals surface area contributed by atoms with Crippen molar-refractivity contribution in [1.29, 1.82) is 5.26 Å². The Balaban J connectivity index is 1.21. The number of rotatable bonds is 5. The van der Waals surface area contributed by atoms with Crippen LogP contribution in [0.15, 0.2) is 36.8 Å². The van der Waals surface area contributed by atoms with Crippen molar-refractivity contribution in [3.63, 3.8) is 0 Å². The number of hydrogen-bond donors (Lipinski definition) is 2. The number of hydrogen-bond acceptors (Lipinski definition) is 6. The van der Waals surface area contributed by atoms with Crippen molar-refractivity contribution >= 4 is 38.3 Å². The molecule has 0 spiro atoms. The largest absolute Gasteiger partial charge is 0.393 e. The smallest absolute Gasteiger partial charge is 0.367 e. The molecule has 1 aliphatic rings. The van der Waals surface area contributed by atoms with E-state index >= 15 is 0 Å². The van der Waals surface area contributed by atoms with E-state index in [1.54, 1.807) is 12.3 Å². The molecule has 0 aliphatic carbocycles. The van der Waals surface area contributed by atoms with Crippen molar-refractivity contribution < 1.29 is 13.2 Å². The van der Waals surface area contributed by atoms with Crippen LogP contribution in [0.1, 0.15) is 28.8 Å². The fourth-order valence-corrected chi connectivity index (χ4v) is 5.38. The molecule has 1 saturated heterocycles. The van der Waals surface area contributed by atoms with Gasteiger partial charge in [-0.05, 0) is 30.5 Å². The maximum absolute atomic E-state index is 12.8. The molecule has 10 heteroatoms. The number of piperidine rings is 1. The maximum Gasteiger partial charge on any atom is 0.393 e. The van der Waals surface area contributed by atoms with Gasteiger partial charge in [0, 0.05) is 47.7 Å². The third-order valence-electron chi connectivity index (χ3n) is 5.96. The summed E-state index contributed by atoms with van der Waals surface area (Å²) < 4.78 is 38.3. The number of alkyl halides is 3. The molecule has 33 heavy (non-hydrogen) atoms. The van der Waals surface area contributed by atoms with E-state index in [1.165, 1.54) is 11.9 Å². The van der Waals surface area contributed by atoms with E-state index in [9.17, 15) is 13.2 Å². The zero-order valence-electron chi connectivity index (χ0n) is 17.6. The van der Waals surface area contributed by atoms with E-state index in [0.29, 0.717) is 21.6 Å². The van der Waals surface area contributed by atoms with Crippen molar-refractivity contribution in [1.82, 2.24) is 19.9 Å². The predicted molar refractivity (Wildman–Crippen MR) is 122 cm³/mol. The zero-order valence-corrected chi connectivity index (χ0v) is 18.4. The van der Waals surface area contributed by atoms with Gasteiger partial charge in [-0.25, -0.2) is 9.97 Å². The molecule has 4 aromatic rings. The van der Waals surface area contributed by atoms with E-state index in [1.807, 2.05) is 6.07 Å². The fourth-order valence-electron chi connectivity index (χ4n) is 4.36. The second-order valence-corrected chi connectivity index (χ2v) is 9.45. The van der Waals surface area contributed by atoms with Crippen LogP contribution in [0, 0.1) is 11.3 Å². The lowest BCUT2D eigenvalue weighted by atomic mass is 10.0. The number of fused-ring (bicyclic) bond motifs is 2. The summed E-state index contributed by atoms with van der Waals surface area (Å²) in [5, 5.41) is 14.2. The number of nitriles is 1. The van der Waals surface area contributed by atoms with Gasteiger partial charge in [-0.1, -0.05) is 12.1 Å². The van der Waals surface area contributed by atoms with Crippen molar-refractivity contribution in [2.45, 2.75) is 38.0 Å². The van der Waals surface area contributed by atoms with Crippen LogP contribution in [0.25, 0.3) is 21.1 Å². The Morgan fingerprint density at radius 2 is 2.00 bits per heavy atom. The molecule has 0 unspecified atom stereocenters. The molecule has 2 N–H and O–H groups in total. The first-order valence-corrected chi connectivity index (χ1v) is 11.5. The first-order chi connectivity index (χ1) is 15.9. The minimum absolute atomic E-state index is 0.203. The Bertz CT molecular complexity index is 1330. The third kappa shape index (κ3) is 4.79. The normalized spacial score (nSPS) is 15.8. The molecular formula is C23H21F3N6S. The maximum atomic E-state index is 12.8. The molecule has 170 valence electrons. The molecule has 0 atom stereocenters. The zero-order chi connectivity index (χ0) is 23.0. The molecular weight excluding hydrogens is 449 g/mol. The lowest BCUT2D eigenvalue weighted by Crippen LogP contribution is -2.38. The highest BCUT2D eigenvalue weighted by Crippen LogP contribution is 2.33. The van der Waals surface area contributed by atoms with Gasteiger partial charge in [0.15, 0.2) is 0 Å². The molecule has 1 aliphatic heterocycles. The van der Waals surface area contributed by atoms with Crippen LogP contribution in [-0.2, 0) is 13.0 Å². The molecule has 3 aromatic heterocycles. The standard InChI is InChI=1S/C23H21F3N6S/c24-23(25,26)9-17-8-19-21(29-13-30-22(19)33-17)31-16-3-5-32(6-4-16)12-14-1-2-18-15(10-27)11-28-20(18)7-14/h1-2,7-8,11,13,16,28H,3-6,9,12H2,(H,29,30,31). The van der Waals surface area contributed by atoms with Crippen LogP contribution in [0.3, 0.4) is 0 Å². The number of aromatic nitrogens is 3. The molecule has 4 heterocycles. The van der Waals surface area contributed by atoms with E-state index in [2.05, 4.69) is 43.4 Å². The number of halogens is 3. The van der Waals surface area contributed by atoms with Gasteiger partial charge in [0.2, 0.25) is 0 Å². The van der Waals surface area contributed by atoms with Gasteiger partial charge < -0.3 is 10.3 Å². The van der Waals surface area contributed by atoms with Crippen molar-refractivity contribution in [3.8, 4) is 6.07 Å². The summed E-state index contributed by atoms with van der Waals surface area (Å²) in [7, 11) is 0. The second kappa shape index (κ2) is 8.65. The molecule has 6 nitrogen and oxygen atoms in total. The average Bonchev–Trinajstić information content (AvgIpc) is 3.37. The van der Waals surface area contributed by atoms with Gasteiger partial charge in [0.1, 0.15) is 23.0 Å². The minimum atomic E-state index is -4.24. The van der Waals surface area contributed by atoms with Crippen LogP contribution in [0.2, 0.25) is 0 Å². The van der Waals surface area contributed by atoms with Gasteiger partial charge in [-0.15, -0.1) is 11.3 Å². The summed E-state index contributed by atoms with van der Waals surface area (Å²) in [5.41, 5.74) is 2.81. The van der Waals surface area contributed by atoms with Gasteiger partial charge in [-0.3, -0.25) is 4.90 Å². The van der Waals surface area contributed by atoms with Crippen LogP contribution in [0.4, 0.5) is 19.0 Å². The Morgan fingerprint density at radius 1 is 1.18 bits per heavy atom. The Hall–Kier alpha value is -3.16. The number of nitrogens with zero attached hydrogens (tertiary/aromatic N) is 4. The molecule has 1 fully saturated rings. The Kier molecular flexibility index (Phi) is 5.68. The summed E-state index contributed by atoms with van der Waals surface area (Å²) >= 11 is 1.07. The minimum Gasteiger partial charge on any atom is -0.367 e. The molecule has 0 saturated carbocycles. The van der Waals surface area contributed by atoms with E-state index in [-0.39, 0.29) is 10.9 Å². The SMILES string of the molecule is N#Cc1c[nH]c2cc(CN3CCC(Nc4ncnc5sc(CC(F)(F)F)cc45)CC3)ccc12. The summed E-state index contributed by atoms with van der Waals surface area (Å²) in [6, 6.07) is 10.1. The summed E-state index contributed by atoms with van der Waals surface area (Å²) in [4.78, 5) is 14.8. The molecule has 0 radical (unpaired) electrons. The van der Waals surface area contributed by atoms with Gasteiger partial charge in [0.05, 0.1) is 17.4 Å². The predicted octanol–water partition coefficient (Wildman–Crippen LogP) is 5.23. The number of H-pyrrole nitrogens is 1. The summed E-state index contributed by atoms with van der Waals surface area (Å²) in [6.45, 7) is 2.63. The highest BCUT2D eigenvalue weighted by atomic mass is 32.1. The number of anilines is 1. The summed E-state index contributed by atoms with van der Waals surface area (Å²) in [6.07, 6.45) is -0.226. The van der Waals surface area contributed by atoms with Crippen LogP contribution < -0.4 is 5.32 Å². The summed E-state index contributed by atoms with van der Waals surface area (Å²) in [5.74, 6) is 0.605. The monoisotopic (exact) mass is 470 g/mol. The van der Waals surface area contributed by atoms with E-state index in [0.717, 1.165) is 54.7 Å². The number of likely N-dealkylation sites (tertiary alicyclic amines) is 1. The average molecular weight is 471 g/mol. The van der Waals surface area contributed by atoms with Crippen LogP contribution in [0.5, 0.6) is 0 Å². The second-order valence-electron chi connectivity index (χ2n) is 8.33. The lowest BCUT2D eigenvalue weighted by Gasteiger charge is -2.32. The van der Waals surface area contributed by atoms with Gasteiger partial charge in [0.25, 0.3) is 0 Å². The van der Waals surface area contributed by atoms with E-state index in [4.69, 9.17) is 5.26 Å². The van der Waals surface area contributed by atoms with Crippen molar-refractivity contribution in [2.24, 2.45) is 0 Å². The van der Waals surface area contributed by atoms with Crippen LogP contribution >= 0.6 is 11.3 Å². The van der Waals surface area contributed by atoms with Gasteiger partial charge >= 0.3 is 6.18 Å². The Labute approximate surface area is 192 Å². The van der Waals surface area contributed by atoms with Crippen LogP contribution in [-0.4, -0.2) is 45.2 Å². The molecule has 1 aromatic carbocycles. The van der Waals surface area contributed by atoms with E-state index < -0.39 is 12.6 Å². The van der Waals surface area contributed by atoms with Crippen molar-refractivity contribution in [3.05, 3.63) is 52.8 Å². The highest BCUT2D eigenvalue weighted by molar-refractivity contribution is 7.18. The first kappa shape index (κ1) is 21.7. The highest BCUT2D eigenvalue weighted by Gasteiger charge is 2.29. The number of aromatic amines is 1. The van der Waals surface area contributed by atoms with Gasteiger partial charge in [-0.2, -0.15) is 18.4 Å². The number of nitrogens with one attached hydrogen (secondary N) is 2. The molecule has 0 amide bonds. The first-order valence-electron chi connectivity index (χ1n) is 10.7. The quantitative estimate of drug-likeness (QED) is 0.418. The topological polar surface area (TPSA) is 80.6 Å².